The Morgan fingerprint density at radius 1 is 1.10 bits per heavy atom. The number of carbonyl (C=O) groups is 1. The van der Waals surface area contributed by atoms with Gasteiger partial charge in [-0.2, -0.15) is 0 Å². The number of halogens is 2. The van der Waals surface area contributed by atoms with Crippen molar-refractivity contribution in [3.8, 4) is 11.4 Å². The zero-order valence-corrected chi connectivity index (χ0v) is 22.1. The quantitative estimate of drug-likeness (QED) is 0.374. The molecular weight excluding hydrogens is 532 g/mol. The molecule has 210 valence electrons. The molecule has 3 aromatic rings. The van der Waals surface area contributed by atoms with E-state index in [0.717, 1.165) is 18.0 Å². The number of hydrogen-bond acceptors (Lipinski definition) is 7. The molecule has 41 heavy (non-hydrogen) atoms. The van der Waals surface area contributed by atoms with Gasteiger partial charge in [-0.25, -0.2) is 8.78 Å². The first-order chi connectivity index (χ1) is 19.8. The molecule has 5 rings (SSSR count). The highest BCUT2D eigenvalue weighted by molar-refractivity contribution is 6.04. The van der Waals surface area contributed by atoms with Crippen molar-refractivity contribution in [3.05, 3.63) is 123 Å². The Kier molecular flexibility index (Phi) is 8.06. The lowest BCUT2D eigenvalue weighted by molar-refractivity contribution is 0.0549. The molecule has 1 aromatic heterocycles. The zero-order chi connectivity index (χ0) is 28.9. The van der Waals surface area contributed by atoms with Crippen LogP contribution in [0.3, 0.4) is 0 Å². The number of pyridine rings is 1. The fraction of sp³-hybridized carbons (Fsp3) is 0.167. The number of rotatable bonds is 7. The van der Waals surface area contributed by atoms with Crippen LogP contribution in [0, 0.1) is 24.0 Å². The van der Waals surface area contributed by atoms with Crippen LogP contribution >= 0.6 is 0 Å². The molecule has 0 saturated carbocycles. The normalized spacial score (nSPS) is 16.0. The SMILES string of the molecule is Cc1ccc(C(=O)Nc2ccc(OC3=CC(N4CCOCC4)=CN/C3=C\C=N)c(F)c2)c(=O)n1-c1ccc(F)cc1. The molecule has 0 spiro atoms. The molecule has 11 heteroatoms. The summed E-state index contributed by atoms with van der Waals surface area (Å²) in [6, 6.07) is 12.2. The Bertz CT molecular complexity index is 1640. The lowest BCUT2D eigenvalue weighted by atomic mass is 10.2. The number of anilines is 1. The standard InChI is InChI=1S/C30H27F2N5O4/c1-19-2-8-24(30(39)37(19)22-6-3-20(31)4-7-22)29(38)35-21-5-9-27(25(32)16-21)41-28-17-23(18-34-26(28)10-11-33)36-12-14-40-15-13-36/h2-11,16-18,33-34H,12-15H2,1H3,(H,35,38)/b26-10-,33-11?. The van der Waals surface area contributed by atoms with Gasteiger partial charge < -0.3 is 30.4 Å². The van der Waals surface area contributed by atoms with E-state index >= 15 is 4.39 Å². The first-order valence-electron chi connectivity index (χ1n) is 12.8. The van der Waals surface area contributed by atoms with Crippen molar-refractivity contribution in [3.63, 3.8) is 0 Å². The average Bonchev–Trinajstić information content (AvgIpc) is 2.97. The van der Waals surface area contributed by atoms with E-state index in [0.29, 0.717) is 49.1 Å². The first kappa shape index (κ1) is 27.5. The fourth-order valence-electron chi connectivity index (χ4n) is 4.47. The second-order valence-corrected chi connectivity index (χ2v) is 9.28. The molecule has 2 aromatic carbocycles. The summed E-state index contributed by atoms with van der Waals surface area (Å²) in [6.45, 7) is 4.27. The molecule has 0 unspecified atom stereocenters. The van der Waals surface area contributed by atoms with Gasteiger partial charge in [0, 0.05) is 54.7 Å². The number of allylic oxidation sites excluding steroid dienone is 2. The van der Waals surface area contributed by atoms with Crippen LogP contribution in [0.2, 0.25) is 0 Å². The molecule has 3 N–H and O–H groups in total. The van der Waals surface area contributed by atoms with Gasteiger partial charge in [0.15, 0.2) is 17.3 Å². The van der Waals surface area contributed by atoms with Gasteiger partial charge in [0.2, 0.25) is 0 Å². The summed E-state index contributed by atoms with van der Waals surface area (Å²) >= 11 is 0. The van der Waals surface area contributed by atoms with E-state index in [4.69, 9.17) is 14.9 Å². The number of dihydropyridines is 1. The minimum atomic E-state index is -0.743. The number of hydrogen-bond donors (Lipinski definition) is 3. The zero-order valence-electron chi connectivity index (χ0n) is 22.1. The third-order valence-corrected chi connectivity index (χ3v) is 6.56. The number of aryl methyl sites for hydroxylation is 1. The summed E-state index contributed by atoms with van der Waals surface area (Å²) < 4.78 is 41.1. The summed E-state index contributed by atoms with van der Waals surface area (Å²) in [5.74, 6) is -1.70. The number of morpholine rings is 1. The lowest BCUT2D eigenvalue weighted by Gasteiger charge is -2.32. The Morgan fingerprint density at radius 3 is 2.56 bits per heavy atom. The molecule has 0 bridgehead atoms. The van der Waals surface area contributed by atoms with E-state index in [2.05, 4.69) is 15.5 Å². The lowest BCUT2D eigenvalue weighted by Crippen LogP contribution is -2.37. The van der Waals surface area contributed by atoms with Gasteiger partial charge in [-0.1, -0.05) is 0 Å². The number of nitrogens with one attached hydrogen (secondary N) is 3. The van der Waals surface area contributed by atoms with Crippen molar-refractivity contribution >= 4 is 17.8 Å². The fourth-order valence-corrected chi connectivity index (χ4v) is 4.47. The molecule has 1 saturated heterocycles. The third kappa shape index (κ3) is 6.10. The monoisotopic (exact) mass is 559 g/mol. The van der Waals surface area contributed by atoms with E-state index < -0.39 is 23.1 Å². The topological polar surface area (TPSA) is 109 Å². The molecule has 9 nitrogen and oxygen atoms in total. The maximum absolute atomic E-state index is 15.1. The molecule has 2 aliphatic heterocycles. The van der Waals surface area contributed by atoms with Gasteiger partial charge in [-0.3, -0.25) is 14.2 Å². The molecule has 0 radical (unpaired) electrons. The summed E-state index contributed by atoms with van der Waals surface area (Å²) in [6.07, 6.45) is 6.13. The highest BCUT2D eigenvalue weighted by atomic mass is 19.1. The Hall–Kier alpha value is -5.03. The number of amides is 1. The van der Waals surface area contributed by atoms with E-state index in [1.807, 2.05) is 0 Å². The van der Waals surface area contributed by atoms with Crippen molar-refractivity contribution in [1.29, 1.82) is 5.41 Å². The molecule has 2 aliphatic rings. The smallest absolute Gasteiger partial charge is 0.268 e. The number of carbonyl (C=O) groups excluding carboxylic acids is 1. The maximum Gasteiger partial charge on any atom is 0.268 e. The number of ether oxygens (including phenoxy) is 2. The second-order valence-electron chi connectivity index (χ2n) is 9.28. The van der Waals surface area contributed by atoms with Gasteiger partial charge >= 0.3 is 0 Å². The van der Waals surface area contributed by atoms with Gasteiger partial charge in [0.1, 0.15) is 11.4 Å². The predicted molar refractivity (Wildman–Crippen MR) is 150 cm³/mol. The Balaban J connectivity index is 1.35. The maximum atomic E-state index is 15.1. The van der Waals surface area contributed by atoms with Crippen molar-refractivity contribution in [2.75, 3.05) is 31.6 Å². The largest absolute Gasteiger partial charge is 0.452 e. The number of aromatic nitrogens is 1. The minimum absolute atomic E-state index is 0.0934. The molecule has 0 atom stereocenters. The molecule has 0 aliphatic carbocycles. The summed E-state index contributed by atoms with van der Waals surface area (Å²) in [4.78, 5) is 28.2. The summed E-state index contributed by atoms with van der Waals surface area (Å²) in [7, 11) is 0. The van der Waals surface area contributed by atoms with Crippen LogP contribution in [0.5, 0.6) is 5.75 Å². The number of nitrogens with zero attached hydrogens (tertiary/aromatic N) is 2. The predicted octanol–water partition coefficient (Wildman–Crippen LogP) is 4.25. The van der Waals surface area contributed by atoms with Crippen LogP contribution in [-0.2, 0) is 4.74 Å². The van der Waals surface area contributed by atoms with Gasteiger partial charge in [0.05, 0.1) is 24.6 Å². The third-order valence-electron chi connectivity index (χ3n) is 6.56. The van der Waals surface area contributed by atoms with E-state index in [1.54, 1.807) is 25.3 Å². The van der Waals surface area contributed by atoms with E-state index in [-0.39, 0.29) is 17.0 Å². The molecule has 1 amide bonds. The van der Waals surface area contributed by atoms with Crippen LogP contribution in [0.25, 0.3) is 5.69 Å². The minimum Gasteiger partial charge on any atom is -0.452 e. The molecular formula is C30H27F2N5O4. The van der Waals surface area contributed by atoms with Crippen molar-refractivity contribution < 1.29 is 23.0 Å². The van der Waals surface area contributed by atoms with Crippen LogP contribution in [0.15, 0.2) is 94.9 Å². The second kappa shape index (κ2) is 12.0. The van der Waals surface area contributed by atoms with Gasteiger partial charge in [0.25, 0.3) is 11.5 Å². The van der Waals surface area contributed by atoms with Crippen LogP contribution in [0.1, 0.15) is 16.1 Å². The van der Waals surface area contributed by atoms with E-state index in [9.17, 15) is 14.0 Å². The van der Waals surface area contributed by atoms with Crippen LogP contribution in [0.4, 0.5) is 14.5 Å². The van der Waals surface area contributed by atoms with Gasteiger partial charge in [-0.05, 0) is 61.5 Å². The first-order valence-corrected chi connectivity index (χ1v) is 12.8. The van der Waals surface area contributed by atoms with E-state index in [1.165, 1.54) is 53.1 Å². The van der Waals surface area contributed by atoms with Crippen molar-refractivity contribution in [2.45, 2.75) is 6.92 Å². The van der Waals surface area contributed by atoms with Crippen LogP contribution < -0.4 is 20.9 Å². The molecule has 1 fully saturated rings. The van der Waals surface area contributed by atoms with Crippen LogP contribution in [-0.4, -0.2) is 47.9 Å². The van der Waals surface area contributed by atoms with Crippen molar-refractivity contribution in [1.82, 2.24) is 14.8 Å². The van der Waals surface area contributed by atoms with Gasteiger partial charge in [-0.15, -0.1) is 0 Å². The molecule has 3 heterocycles. The highest BCUT2D eigenvalue weighted by Gasteiger charge is 2.21. The van der Waals surface area contributed by atoms with Crippen molar-refractivity contribution in [2.24, 2.45) is 0 Å². The average molecular weight is 560 g/mol. The Labute approximate surface area is 234 Å². The summed E-state index contributed by atoms with van der Waals surface area (Å²) in [5, 5.41) is 13.1. The highest BCUT2D eigenvalue weighted by Crippen LogP contribution is 2.27. The number of benzene rings is 2. The summed E-state index contributed by atoms with van der Waals surface area (Å²) in [5.41, 5.74) is 1.63. The Morgan fingerprint density at radius 2 is 1.85 bits per heavy atom.